The normalized spacial score (nSPS) is 10.1. The molecule has 5 nitrogen and oxygen atoms in total. The predicted molar refractivity (Wildman–Crippen MR) is 65.6 cm³/mol. The molecule has 0 amide bonds. The van der Waals surface area contributed by atoms with Crippen molar-refractivity contribution in [2.75, 3.05) is 12.4 Å². The number of hydrogen-bond acceptors (Lipinski definition) is 5. The van der Waals surface area contributed by atoms with Gasteiger partial charge >= 0.3 is 0 Å². The Morgan fingerprint density at radius 2 is 2.12 bits per heavy atom. The smallest absolute Gasteiger partial charge is 0.227 e. The number of aryl methyl sites for hydroxylation is 1. The van der Waals surface area contributed by atoms with Crippen LogP contribution in [0.5, 0.6) is 11.6 Å². The van der Waals surface area contributed by atoms with Gasteiger partial charge in [0.1, 0.15) is 5.75 Å². The number of halogens is 1. The fourth-order valence-electron chi connectivity index (χ4n) is 1.21. The second-order valence-corrected chi connectivity index (χ2v) is 3.81. The Kier molecular flexibility index (Phi) is 3.39. The lowest BCUT2D eigenvalue weighted by atomic mass is 10.4. The van der Waals surface area contributed by atoms with Gasteiger partial charge in [-0.3, -0.25) is 4.98 Å². The fourth-order valence-corrected chi connectivity index (χ4v) is 1.37. The van der Waals surface area contributed by atoms with Gasteiger partial charge in [0, 0.05) is 31.1 Å². The van der Waals surface area contributed by atoms with Gasteiger partial charge in [0.25, 0.3) is 0 Å². The summed E-state index contributed by atoms with van der Waals surface area (Å²) in [5.74, 6) is 1.52. The third kappa shape index (κ3) is 2.82. The summed E-state index contributed by atoms with van der Waals surface area (Å²) >= 11 is 5.82. The zero-order valence-corrected chi connectivity index (χ0v) is 10.2. The molecule has 2 rings (SSSR count). The molecule has 0 spiro atoms. The summed E-state index contributed by atoms with van der Waals surface area (Å²) < 4.78 is 5.59. The van der Waals surface area contributed by atoms with Crippen LogP contribution in [0.2, 0.25) is 5.02 Å². The lowest BCUT2D eigenvalue weighted by Gasteiger charge is -2.08. The first-order valence-corrected chi connectivity index (χ1v) is 5.36. The Bertz CT molecular complexity index is 533. The first kappa shape index (κ1) is 11.6. The second kappa shape index (κ2) is 4.97. The zero-order chi connectivity index (χ0) is 12.3. The van der Waals surface area contributed by atoms with Crippen molar-refractivity contribution in [2.24, 2.45) is 0 Å². The third-order valence-corrected chi connectivity index (χ3v) is 2.25. The molecule has 2 aromatic heterocycles. The highest BCUT2D eigenvalue weighted by molar-refractivity contribution is 6.30. The van der Waals surface area contributed by atoms with Crippen molar-refractivity contribution in [3.63, 3.8) is 0 Å². The lowest BCUT2D eigenvalue weighted by molar-refractivity contribution is 0.456. The first-order chi connectivity index (χ1) is 8.19. The molecule has 0 atom stereocenters. The van der Waals surface area contributed by atoms with E-state index in [0.717, 1.165) is 5.56 Å². The average molecular weight is 251 g/mol. The van der Waals surface area contributed by atoms with Gasteiger partial charge in [0.05, 0.1) is 11.2 Å². The summed E-state index contributed by atoms with van der Waals surface area (Å²) in [4.78, 5) is 12.2. The van der Waals surface area contributed by atoms with Crippen LogP contribution in [0.1, 0.15) is 5.56 Å². The van der Waals surface area contributed by atoms with Crippen molar-refractivity contribution < 1.29 is 4.74 Å². The SMILES string of the molecule is CNc1ncc(C)c(Oc2cncc(Cl)c2)n1. The molecule has 0 saturated heterocycles. The van der Waals surface area contributed by atoms with Gasteiger partial charge in [-0.05, 0) is 6.92 Å². The molecular formula is C11H11ClN4O. The standard InChI is InChI=1S/C11H11ClN4O/c1-7-4-15-11(13-2)16-10(7)17-9-3-8(12)5-14-6-9/h3-6H,1-2H3,(H,13,15,16). The summed E-state index contributed by atoms with van der Waals surface area (Å²) in [7, 11) is 1.75. The summed E-state index contributed by atoms with van der Waals surface area (Å²) in [6.45, 7) is 1.87. The molecule has 1 N–H and O–H groups in total. The maximum Gasteiger partial charge on any atom is 0.227 e. The van der Waals surface area contributed by atoms with Crippen molar-refractivity contribution in [1.82, 2.24) is 15.0 Å². The van der Waals surface area contributed by atoms with Gasteiger partial charge in [-0.25, -0.2) is 4.98 Å². The summed E-state index contributed by atoms with van der Waals surface area (Å²) in [6, 6.07) is 1.68. The number of ether oxygens (including phenoxy) is 1. The molecule has 0 aliphatic carbocycles. The number of pyridine rings is 1. The number of nitrogens with one attached hydrogen (secondary N) is 1. The minimum atomic E-state index is 0.480. The van der Waals surface area contributed by atoms with Gasteiger partial charge in [-0.1, -0.05) is 11.6 Å². The van der Waals surface area contributed by atoms with Crippen molar-refractivity contribution in [3.05, 3.63) is 35.2 Å². The first-order valence-electron chi connectivity index (χ1n) is 4.99. The van der Waals surface area contributed by atoms with Crippen LogP contribution in [0.4, 0.5) is 5.95 Å². The fraction of sp³-hybridized carbons (Fsp3) is 0.182. The second-order valence-electron chi connectivity index (χ2n) is 3.37. The van der Waals surface area contributed by atoms with Crippen molar-refractivity contribution >= 4 is 17.5 Å². The van der Waals surface area contributed by atoms with Crippen LogP contribution in [-0.2, 0) is 0 Å². The molecule has 0 aliphatic heterocycles. The molecule has 0 radical (unpaired) electrons. The number of rotatable bonds is 3. The Morgan fingerprint density at radius 3 is 2.82 bits per heavy atom. The third-order valence-electron chi connectivity index (χ3n) is 2.04. The van der Waals surface area contributed by atoms with Crippen LogP contribution in [0.15, 0.2) is 24.7 Å². The van der Waals surface area contributed by atoms with Crippen molar-refractivity contribution in [3.8, 4) is 11.6 Å². The van der Waals surface area contributed by atoms with Crippen LogP contribution in [0, 0.1) is 6.92 Å². The van der Waals surface area contributed by atoms with Crippen molar-refractivity contribution in [2.45, 2.75) is 6.92 Å². The summed E-state index contributed by atoms with van der Waals surface area (Å²) in [5.41, 5.74) is 0.837. The van der Waals surface area contributed by atoms with E-state index >= 15 is 0 Å². The summed E-state index contributed by atoms with van der Waals surface area (Å²) in [5, 5.41) is 3.36. The monoisotopic (exact) mass is 250 g/mol. The Morgan fingerprint density at radius 1 is 1.29 bits per heavy atom. The topological polar surface area (TPSA) is 59.9 Å². The van der Waals surface area contributed by atoms with Crippen LogP contribution < -0.4 is 10.1 Å². The van der Waals surface area contributed by atoms with Gasteiger partial charge < -0.3 is 10.1 Å². The van der Waals surface area contributed by atoms with Gasteiger partial charge in [0.2, 0.25) is 11.8 Å². The van der Waals surface area contributed by atoms with E-state index in [1.807, 2.05) is 6.92 Å². The van der Waals surface area contributed by atoms with Crippen LogP contribution in [0.3, 0.4) is 0 Å². The molecular weight excluding hydrogens is 240 g/mol. The number of hydrogen-bond donors (Lipinski definition) is 1. The van der Waals surface area contributed by atoms with E-state index in [9.17, 15) is 0 Å². The molecule has 2 heterocycles. The quantitative estimate of drug-likeness (QED) is 0.908. The van der Waals surface area contributed by atoms with Crippen LogP contribution in [0.25, 0.3) is 0 Å². The molecule has 0 bridgehead atoms. The van der Waals surface area contributed by atoms with Crippen molar-refractivity contribution in [1.29, 1.82) is 0 Å². The Balaban J connectivity index is 2.29. The minimum Gasteiger partial charge on any atom is -0.437 e. The van der Waals surface area contributed by atoms with Gasteiger partial charge in [-0.2, -0.15) is 4.98 Å². The average Bonchev–Trinajstić information content (AvgIpc) is 2.32. The van der Waals surface area contributed by atoms with E-state index < -0.39 is 0 Å². The molecule has 0 unspecified atom stereocenters. The van der Waals surface area contributed by atoms with E-state index in [4.69, 9.17) is 16.3 Å². The molecule has 2 aromatic rings. The van der Waals surface area contributed by atoms with Crippen LogP contribution >= 0.6 is 11.6 Å². The van der Waals surface area contributed by atoms with E-state index in [0.29, 0.717) is 22.6 Å². The van der Waals surface area contributed by atoms with Crippen LogP contribution in [-0.4, -0.2) is 22.0 Å². The van der Waals surface area contributed by atoms with Gasteiger partial charge in [-0.15, -0.1) is 0 Å². The maximum absolute atomic E-state index is 5.82. The highest BCUT2D eigenvalue weighted by Crippen LogP contribution is 2.24. The van der Waals surface area contributed by atoms with E-state index in [2.05, 4.69) is 20.3 Å². The number of anilines is 1. The zero-order valence-electron chi connectivity index (χ0n) is 9.44. The Labute approximate surface area is 104 Å². The molecule has 0 fully saturated rings. The highest BCUT2D eigenvalue weighted by Gasteiger charge is 2.06. The van der Waals surface area contributed by atoms with E-state index in [-0.39, 0.29) is 0 Å². The molecule has 6 heteroatoms. The molecule has 17 heavy (non-hydrogen) atoms. The highest BCUT2D eigenvalue weighted by atomic mass is 35.5. The molecule has 0 aliphatic rings. The van der Waals surface area contributed by atoms with E-state index in [1.54, 1.807) is 31.7 Å². The molecule has 0 aromatic carbocycles. The summed E-state index contributed by atoms with van der Waals surface area (Å²) in [6.07, 6.45) is 4.80. The predicted octanol–water partition coefficient (Wildman–Crippen LogP) is 2.67. The largest absolute Gasteiger partial charge is 0.437 e. The minimum absolute atomic E-state index is 0.480. The molecule has 88 valence electrons. The molecule has 0 saturated carbocycles. The van der Waals surface area contributed by atoms with E-state index in [1.165, 1.54) is 0 Å². The Hall–Kier alpha value is -1.88. The number of aromatic nitrogens is 3. The maximum atomic E-state index is 5.82. The van der Waals surface area contributed by atoms with Gasteiger partial charge in [0.15, 0.2) is 0 Å². The lowest BCUT2D eigenvalue weighted by Crippen LogP contribution is -1.99. The number of nitrogens with zero attached hydrogens (tertiary/aromatic N) is 3.